The van der Waals surface area contributed by atoms with Crippen molar-refractivity contribution in [3.63, 3.8) is 0 Å². The minimum absolute atomic E-state index is 0.0185. The molecule has 0 bridgehead atoms. The maximum Gasteiger partial charge on any atom is 0.339 e. The molecule has 0 atom stereocenters. The second-order valence-corrected chi connectivity index (χ2v) is 5.94. The van der Waals surface area contributed by atoms with Gasteiger partial charge in [-0.15, -0.1) is 11.3 Å². The summed E-state index contributed by atoms with van der Waals surface area (Å²) in [5, 5.41) is 14.0. The van der Waals surface area contributed by atoms with Gasteiger partial charge in [0, 0.05) is 30.4 Å². The predicted molar refractivity (Wildman–Crippen MR) is 88.5 cm³/mol. The van der Waals surface area contributed by atoms with Crippen LogP contribution in [0.25, 0.3) is 11.3 Å². The fourth-order valence-electron chi connectivity index (χ4n) is 2.02. The molecule has 0 saturated heterocycles. The van der Waals surface area contributed by atoms with Crippen LogP contribution in [-0.4, -0.2) is 36.5 Å². The van der Waals surface area contributed by atoms with Crippen molar-refractivity contribution in [3.05, 3.63) is 46.7 Å². The number of carboxylic acids is 1. The van der Waals surface area contributed by atoms with Gasteiger partial charge < -0.3 is 15.0 Å². The number of hydrogen-bond acceptors (Lipinski definition) is 6. The van der Waals surface area contributed by atoms with E-state index < -0.39 is 11.9 Å². The zero-order valence-electron chi connectivity index (χ0n) is 12.2. The van der Waals surface area contributed by atoms with Crippen molar-refractivity contribution in [3.8, 4) is 11.3 Å². The Morgan fingerprint density at radius 1 is 1.33 bits per heavy atom. The molecule has 2 N–H and O–H groups in total. The molecule has 24 heavy (non-hydrogen) atoms. The zero-order chi connectivity index (χ0) is 17.3. The van der Waals surface area contributed by atoms with Crippen molar-refractivity contribution in [2.45, 2.75) is 0 Å². The first-order chi connectivity index (χ1) is 11.5. The maximum atomic E-state index is 12.3. The quantitative estimate of drug-likeness (QED) is 0.737. The summed E-state index contributed by atoms with van der Waals surface area (Å²) in [7, 11) is 1.64. The largest absolute Gasteiger partial charge is 0.478 e. The molecule has 0 unspecified atom stereocenters. The van der Waals surface area contributed by atoms with E-state index in [1.165, 1.54) is 29.5 Å². The summed E-state index contributed by atoms with van der Waals surface area (Å²) in [6, 6.07) is 0. The SMILES string of the molecule is Cn1cnc(C(=O)Nc2scc(-c3cnccn3)c2C(=O)O)c1Cl. The number of amides is 1. The summed E-state index contributed by atoms with van der Waals surface area (Å²) in [4.78, 5) is 35.8. The molecule has 0 fully saturated rings. The smallest absolute Gasteiger partial charge is 0.339 e. The average Bonchev–Trinajstić information content (AvgIpc) is 3.13. The number of rotatable bonds is 4. The molecule has 0 spiro atoms. The van der Waals surface area contributed by atoms with Crippen LogP contribution in [0.1, 0.15) is 20.8 Å². The van der Waals surface area contributed by atoms with Crippen LogP contribution in [0.5, 0.6) is 0 Å². The van der Waals surface area contributed by atoms with Gasteiger partial charge in [0.25, 0.3) is 5.91 Å². The number of nitrogens with one attached hydrogen (secondary N) is 1. The minimum Gasteiger partial charge on any atom is -0.478 e. The lowest BCUT2D eigenvalue weighted by Crippen LogP contribution is -2.14. The second kappa shape index (κ2) is 6.38. The normalized spacial score (nSPS) is 10.6. The molecule has 1 amide bonds. The molecule has 122 valence electrons. The molecule has 10 heteroatoms. The third-order valence-corrected chi connectivity index (χ3v) is 4.49. The van der Waals surface area contributed by atoms with Crippen molar-refractivity contribution in [2.75, 3.05) is 5.32 Å². The summed E-state index contributed by atoms with van der Waals surface area (Å²) < 4.78 is 1.48. The Kier molecular flexibility index (Phi) is 4.28. The standard InChI is InChI=1S/C14H10ClN5O3S/c1-20-6-18-10(11(20)15)12(21)19-13-9(14(22)23)7(5-24-13)8-4-16-2-3-17-8/h2-6H,1H3,(H,19,21)(H,22,23). The third kappa shape index (κ3) is 2.86. The van der Waals surface area contributed by atoms with Crippen molar-refractivity contribution in [1.29, 1.82) is 0 Å². The van der Waals surface area contributed by atoms with Crippen LogP contribution in [0.3, 0.4) is 0 Å². The average molecular weight is 364 g/mol. The Bertz CT molecular complexity index is 922. The second-order valence-electron chi connectivity index (χ2n) is 4.70. The van der Waals surface area contributed by atoms with E-state index in [0.29, 0.717) is 11.3 Å². The molecule has 0 saturated carbocycles. The monoisotopic (exact) mass is 363 g/mol. The van der Waals surface area contributed by atoms with Crippen molar-refractivity contribution >= 4 is 39.8 Å². The van der Waals surface area contributed by atoms with E-state index in [0.717, 1.165) is 11.3 Å². The summed E-state index contributed by atoms with van der Waals surface area (Å²) in [6.07, 6.45) is 5.80. The number of halogens is 1. The van der Waals surface area contributed by atoms with E-state index in [4.69, 9.17) is 11.6 Å². The number of carbonyl (C=O) groups is 2. The Hall–Kier alpha value is -2.78. The Morgan fingerprint density at radius 2 is 2.12 bits per heavy atom. The van der Waals surface area contributed by atoms with Gasteiger partial charge in [-0.05, 0) is 0 Å². The lowest BCUT2D eigenvalue weighted by atomic mass is 10.1. The first-order valence-electron chi connectivity index (χ1n) is 6.58. The highest BCUT2D eigenvalue weighted by Crippen LogP contribution is 2.34. The molecule has 3 heterocycles. The maximum absolute atomic E-state index is 12.3. The molecule has 0 radical (unpaired) electrons. The molecule has 0 aliphatic carbocycles. The summed E-state index contributed by atoms with van der Waals surface area (Å²) in [6.45, 7) is 0. The van der Waals surface area contributed by atoms with Crippen LogP contribution < -0.4 is 5.32 Å². The minimum atomic E-state index is -1.18. The molecule has 0 aliphatic heterocycles. The van der Waals surface area contributed by atoms with Gasteiger partial charge in [-0.25, -0.2) is 9.78 Å². The van der Waals surface area contributed by atoms with Gasteiger partial charge in [-0.2, -0.15) is 0 Å². The zero-order valence-corrected chi connectivity index (χ0v) is 13.8. The summed E-state index contributed by atoms with van der Waals surface area (Å²) in [5.41, 5.74) is 0.747. The number of carbonyl (C=O) groups excluding carboxylic acids is 1. The number of carboxylic acid groups (broad SMARTS) is 1. The van der Waals surface area contributed by atoms with Crippen molar-refractivity contribution < 1.29 is 14.7 Å². The van der Waals surface area contributed by atoms with Gasteiger partial charge in [0.05, 0.1) is 18.2 Å². The van der Waals surface area contributed by atoms with E-state index in [2.05, 4.69) is 20.3 Å². The number of imidazole rings is 1. The number of nitrogens with zero attached hydrogens (tertiary/aromatic N) is 4. The molecular weight excluding hydrogens is 354 g/mol. The van der Waals surface area contributed by atoms with Crippen LogP contribution in [0.4, 0.5) is 5.00 Å². The van der Waals surface area contributed by atoms with Crippen molar-refractivity contribution in [1.82, 2.24) is 19.5 Å². The van der Waals surface area contributed by atoms with Gasteiger partial charge in [-0.1, -0.05) is 11.6 Å². The van der Waals surface area contributed by atoms with Crippen LogP contribution in [0.2, 0.25) is 5.15 Å². The number of aryl methyl sites for hydroxylation is 1. The van der Waals surface area contributed by atoms with E-state index in [1.54, 1.807) is 12.4 Å². The van der Waals surface area contributed by atoms with Crippen LogP contribution >= 0.6 is 22.9 Å². The molecule has 3 aromatic rings. The van der Waals surface area contributed by atoms with E-state index in [-0.39, 0.29) is 21.4 Å². The highest BCUT2D eigenvalue weighted by atomic mass is 35.5. The van der Waals surface area contributed by atoms with Crippen LogP contribution in [-0.2, 0) is 7.05 Å². The van der Waals surface area contributed by atoms with E-state index >= 15 is 0 Å². The fraction of sp³-hybridized carbons (Fsp3) is 0.0714. The Balaban J connectivity index is 1.97. The number of aromatic carboxylic acids is 1. The van der Waals surface area contributed by atoms with Crippen LogP contribution in [0.15, 0.2) is 30.3 Å². The van der Waals surface area contributed by atoms with Gasteiger partial charge in [0.15, 0.2) is 5.69 Å². The Labute approximate surface area is 144 Å². The highest BCUT2D eigenvalue weighted by Gasteiger charge is 2.24. The van der Waals surface area contributed by atoms with E-state index in [9.17, 15) is 14.7 Å². The van der Waals surface area contributed by atoms with Crippen molar-refractivity contribution in [2.24, 2.45) is 7.05 Å². The van der Waals surface area contributed by atoms with E-state index in [1.807, 2.05) is 0 Å². The molecule has 3 aromatic heterocycles. The van der Waals surface area contributed by atoms with Gasteiger partial charge in [-0.3, -0.25) is 14.8 Å². The first-order valence-corrected chi connectivity index (χ1v) is 7.84. The Morgan fingerprint density at radius 3 is 2.71 bits per heavy atom. The third-order valence-electron chi connectivity index (χ3n) is 3.15. The number of thiophene rings is 1. The summed E-state index contributed by atoms with van der Waals surface area (Å²) in [5.74, 6) is -1.77. The number of aromatic nitrogens is 4. The van der Waals surface area contributed by atoms with Crippen LogP contribution in [0, 0.1) is 0 Å². The number of anilines is 1. The lowest BCUT2D eigenvalue weighted by Gasteiger charge is -2.04. The van der Waals surface area contributed by atoms with Gasteiger partial charge >= 0.3 is 5.97 Å². The topological polar surface area (TPSA) is 110 Å². The molecule has 8 nitrogen and oxygen atoms in total. The predicted octanol–water partition coefficient (Wildman–Crippen LogP) is 2.54. The fourth-order valence-corrected chi connectivity index (χ4v) is 3.14. The van der Waals surface area contributed by atoms with Gasteiger partial charge in [0.2, 0.25) is 0 Å². The molecule has 0 aliphatic rings. The molecular formula is C14H10ClN5O3S. The highest BCUT2D eigenvalue weighted by molar-refractivity contribution is 7.15. The summed E-state index contributed by atoms with van der Waals surface area (Å²) >= 11 is 7.06. The van der Waals surface area contributed by atoms with Gasteiger partial charge in [0.1, 0.15) is 15.7 Å². The molecule has 0 aromatic carbocycles. The molecule has 3 rings (SSSR count). The number of hydrogen-bond donors (Lipinski definition) is 2. The first kappa shape index (κ1) is 16.1. The lowest BCUT2D eigenvalue weighted by molar-refractivity contribution is 0.0699.